The summed E-state index contributed by atoms with van der Waals surface area (Å²) in [5.74, 6) is 1.17. The minimum atomic E-state index is 0.0354. The summed E-state index contributed by atoms with van der Waals surface area (Å²) in [5, 5.41) is 8.97. The lowest BCUT2D eigenvalue weighted by molar-refractivity contribution is 0.102. The van der Waals surface area contributed by atoms with Crippen molar-refractivity contribution >= 4 is 29.1 Å². The molecule has 3 aromatic rings. The molecule has 1 heterocycles. The van der Waals surface area contributed by atoms with Gasteiger partial charge in [-0.15, -0.1) is 10.2 Å². The Morgan fingerprint density at radius 3 is 2.65 bits per heavy atom. The second kappa shape index (κ2) is 8.52. The van der Waals surface area contributed by atoms with E-state index in [2.05, 4.69) is 24.0 Å². The van der Waals surface area contributed by atoms with Crippen LogP contribution in [-0.4, -0.2) is 21.7 Å². The minimum absolute atomic E-state index is 0.0354. The van der Waals surface area contributed by atoms with E-state index in [0.717, 1.165) is 12.0 Å². The summed E-state index contributed by atoms with van der Waals surface area (Å²) in [6, 6.07) is 15.0. The molecule has 2 aromatic carbocycles. The van der Waals surface area contributed by atoms with Crippen LogP contribution in [0.2, 0.25) is 5.02 Å². The predicted molar refractivity (Wildman–Crippen MR) is 105 cm³/mol. The number of hydrogen-bond donors (Lipinski definition) is 0. The van der Waals surface area contributed by atoms with Gasteiger partial charge < -0.3 is 4.42 Å². The molecular formula is C20H19ClN2O2S. The zero-order valence-corrected chi connectivity index (χ0v) is 16.2. The Morgan fingerprint density at radius 2 is 1.96 bits per heavy atom. The van der Waals surface area contributed by atoms with Crippen molar-refractivity contribution in [2.75, 3.05) is 5.75 Å². The van der Waals surface area contributed by atoms with Crippen molar-refractivity contribution in [3.8, 4) is 11.5 Å². The molecular weight excluding hydrogens is 368 g/mol. The van der Waals surface area contributed by atoms with Crippen molar-refractivity contribution in [2.45, 2.75) is 31.4 Å². The number of ketones is 1. The van der Waals surface area contributed by atoms with E-state index in [0.29, 0.717) is 27.6 Å². The fraction of sp³-hybridized carbons (Fsp3) is 0.250. The first kappa shape index (κ1) is 18.7. The van der Waals surface area contributed by atoms with Crippen LogP contribution in [0.4, 0.5) is 0 Å². The fourth-order valence-electron chi connectivity index (χ4n) is 2.45. The van der Waals surface area contributed by atoms with Crippen LogP contribution in [0.15, 0.2) is 58.2 Å². The molecule has 0 N–H and O–H groups in total. The fourth-order valence-corrected chi connectivity index (χ4v) is 3.30. The standard InChI is InChI=1S/C20H19ClN2O2S/c1-3-13(2)14-7-9-15(10-8-14)18(24)12-26-20-23-22-19(25-20)16-5-4-6-17(21)11-16/h4-11,13H,3,12H2,1-2H3/t13-/m1/s1. The maximum Gasteiger partial charge on any atom is 0.277 e. The van der Waals surface area contributed by atoms with Gasteiger partial charge in [-0.05, 0) is 36.1 Å². The second-order valence-corrected chi connectivity index (χ2v) is 7.39. The molecule has 1 aromatic heterocycles. The van der Waals surface area contributed by atoms with E-state index < -0.39 is 0 Å². The van der Waals surface area contributed by atoms with Gasteiger partial charge in [0.05, 0.1) is 5.75 Å². The van der Waals surface area contributed by atoms with Gasteiger partial charge in [-0.1, -0.05) is 67.5 Å². The van der Waals surface area contributed by atoms with E-state index in [1.54, 1.807) is 12.1 Å². The molecule has 0 spiro atoms. The summed E-state index contributed by atoms with van der Waals surface area (Å²) in [5.41, 5.74) is 2.70. The number of thioether (sulfide) groups is 1. The molecule has 0 aliphatic heterocycles. The summed E-state index contributed by atoms with van der Waals surface area (Å²) in [4.78, 5) is 12.4. The number of carbonyl (C=O) groups excluding carboxylic acids is 1. The molecule has 0 aliphatic rings. The molecule has 0 aliphatic carbocycles. The highest BCUT2D eigenvalue weighted by molar-refractivity contribution is 7.99. The number of aromatic nitrogens is 2. The molecule has 0 bridgehead atoms. The third-order valence-electron chi connectivity index (χ3n) is 4.22. The topological polar surface area (TPSA) is 56.0 Å². The number of benzene rings is 2. The molecule has 1 atom stereocenters. The minimum Gasteiger partial charge on any atom is -0.411 e. The first-order chi connectivity index (χ1) is 12.6. The molecule has 4 nitrogen and oxygen atoms in total. The maximum absolute atomic E-state index is 12.4. The van der Waals surface area contributed by atoms with Crippen LogP contribution in [0.5, 0.6) is 0 Å². The molecule has 134 valence electrons. The van der Waals surface area contributed by atoms with E-state index in [9.17, 15) is 4.79 Å². The van der Waals surface area contributed by atoms with Gasteiger partial charge in [-0.25, -0.2) is 0 Å². The van der Waals surface area contributed by atoms with Gasteiger partial charge in [-0.2, -0.15) is 0 Å². The van der Waals surface area contributed by atoms with Crippen LogP contribution in [0, 0.1) is 0 Å². The third-order valence-corrected chi connectivity index (χ3v) is 5.27. The van der Waals surface area contributed by atoms with E-state index in [-0.39, 0.29) is 11.5 Å². The molecule has 0 fully saturated rings. The molecule has 0 saturated carbocycles. The lowest BCUT2D eigenvalue weighted by atomic mass is 9.97. The first-order valence-corrected chi connectivity index (χ1v) is 9.78. The highest BCUT2D eigenvalue weighted by Crippen LogP contribution is 2.26. The van der Waals surface area contributed by atoms with Gasteiger partial charge in [0.25, 0.3) is 5.22 Å². The summed E-state index contributed by atoms with van der Waals surface area (Å²) in [7, 11) is 0. The van der Waals surface area contributed by atoms with Crippen LogP contribution >= 0.6 is 23.4 Å². The Bertz CT molecular complexity index is 893. The summed E-state index contributed by atoms with van der Waals surface area (Å²) in [6.07, 6.45) is 1.08. The zero-order valence-electron chi connectivity index (χ0n) is 14.6. The lowest BCUT2D eigenvalue weighted by Gasteiger charge is -2.09. The number of carbonyl (C=O) groups is 1. The van der Waals surface area contributed by atoms with Crippen molar-refractivity contribution in [3.63, 3.8) is 0 Å². The van der Waals surface area contributed by atoms with E-state index >= 15 is 0 Å². The summed E-state index contributed by atoms with van der Waals surface area (Å²) in [6.45, 7) is 4.34. The Kier molecular flexibility index (Phi) is 6.12. The SMILES string of the molecule is CC[C@@H](C)c1ccc(C(=O)CSc2nnc(-c3cccc(Cl)c3)o2)cc1. The molecule has 26 heavy (non-hydrogen) atoms. The van der Waals surface area contributed by atoms with Gasteiger partial charge in [0, 0.05) is 16.1 Å². The summed E-state index contributed by atoms with van der Waals surface area (Å²) >= 11 is 7.21. The van der Waals surface area contributed by atoms with Crippen LogP contribution in [0.3, 0.4) is 0 Å². The molecule has 0 unspecified atom stereocenters. The van der Waals surface area contributed by atoms with Gasteiger partial charge in [0.15, 0.2) is 5.78 Å². The largest absolute Gasteiger partial charge is 0.411 e. The van der Waals surface area contributed by atoms with Gasteiger partial charge >= 0.3 is 0 Å². The first-order valence-electron chi connectivity index (χ1n) is 8.42. The van der Waals surface area contributed by atoms with Gasteiger partial charge in [0.2, 0.25) is 5.89 Å². The average Bonchev–Trinajstić information content (AvgIpc) is 3.14. The van der Waals surface area contributed by atoms with Gasteiger partial charge in [-0.3, -0.25) is 4.79 Å². The Hall–Kier alpha value is -2.11. The number of rotatable bonds is 7. The predicted octanol–water partition coefficient (Wildman–Crippen LogP) is 5.88. The highest BCUT2D eigenvalue weighted by Gasteiger charge is 2.13. The Balaban J connectivity index is 1.61. The Morgan fingerprint density at radius 1 is 1.19 bits per heavy atom. The van der Waals surface area contributed by atoms with E-state index in [1.165, 1.54) is 17.3 Å². The molecule has 0 radical (unpaired) electrons. The van der Waals surface area contributed by atoms with Crippen molar-refractivity contribution in [1.82, 2.24) is 10.2 Å². The maximum atomic E-state index is 12.4. The molecule has 6 heteroatoms. The number of nitrogens with zero attached hydrogens (tertiary/aromatic N) is 2. The third kappa shape index (κ3) is 4.54. The monoisotopic (exact) mass is 386 g/mol. The number of Topliss-reactive ketones (excluding diaryl/α,β-unsaturated/α-hetero) is 1. The lowest BCUT2D eigenvalue weighted by Crippen LogP contribution is -2.03. The van der Waals surface area contributed by atoms with E-state index in [1.807, 2.05) is 36.4 Å². The molecule has 3 rings (SSSR count). The number of halogens is 1. The normalized spacial score (nSPS) is 12.1. The smallest absolute Gasteiger partial charge is 0.277 e. The molecule has 0 amide bonds. The second-order valence-electron chi connectivity index (χ2n) is 6.03. The van der Waals surface area contributed by atoms with Crippen LogP contribution in [-0.2, 0) is 0 Å². The molecule has 0 saturated heterocycles. The summed E-state index contributed by atoms with van der Waals surface area (Å²) < 4.78 is 5.61. The Labute approximate surface area is 162 Å². The van der Waals surface area contributed by atoms with Crippen LogP contribution in [0.25, 0.3) is 11.5 Å². The zero-order chi connectivity index (χ0) is 18.5. The van der Waals surface area contributed by atoms with Crippen LogP contribution in [0.1, 0.15) is 42.1 Å². The van der Waals surface area contributed by atoms with Gasteiger partial charge in [0.1, 0.15) is 0 Å². The van der Waals surface area contributed by atoms with Crippen LogP contribution < -0.4 is 0 Å². The quantitative estimate of drug-likeness (QED) is 0.375. The average molecular weight is 387 g/mol. The van der Waals surface area contributed by atoms with Crippen molar-refractivity contribution in [1.29, 1.82) is 0 Å². The van der Waals surface area contributed by atoms with Crippen molar-refractivity contribution in [2.24, 2.45) is 0 Å². The van der Waals surface area contributed by atoms with Crippen molar-refractivity contribution in [3.05, 3.63) is 64.7 Å². The van der Waals surface area contributed by atoms with E-state index in [4.69, 9.17) is 16.0 Å². The number of hydrogen-bond acceptors (Lipinski definition) is 5. The highest BCUT2D eigenvalue weighted by atomic mass is 35.5. The van der Waals surface area contributed by atoms with Crippen molar-refractivity contribution < 1.29 is 9.21 Å².